The zero-order valence-electron chi connectivity index (χ0n) is 20.9. The van der Waals surface area contributed by atoms with Gasteiger partial charge in [0.05, 0.1) is 32.2 Å². The largest absolute Gasteiger partial charge is 0.472 e. The summed E-state index contributed by atoms with van der Waals surface area (Å²) in [6.07, 6.45) is 2.48. The summed E-state index contributed by atoms with van der Waals surface area (Å²) in [6.45, 7) is 7.49. The number of aliphatic hydroxyl groups is 2. The van der Waals surface area contributed by atoms with Gasteiger partial charge in [-0.3, -0.25) is 14.4 Å². The fraction of sp³-hybridized carbons (Fsp3) is 0.667. The van der Waals surface area contributed by atoms with Gasteiger partial charge in [-0.25, -0.2) is 0 Å². The molecule has 0 amide bonds. The van der Waals surface area contributed by atoms with Crippen LogP contribution < -0.4 is 0 Å². The molecule has 5 rings (SSSR count). The number of hydrogen-bond acceptors (Lipinski definition) is 8. The quantitative estimate of drug-likeness (QED) is 0.493. The van der Waals surface area contributed by atoms with Crippen LogP contribution >= 0.6 is 0 Å². The van der Waals surface area contributed by atoms with E-state index in [4.69, 9.17) is 13.9 Å². The first kappa shape index (κ1) is 24.3. The molecule has 0 unspecified atom stereocenters. The molecule has 1 aromatic rings. The number of cyclic esters (lactones) is 1. The summed E-state index contributed by atoms with van der Waals surface area (Å²) in [5, 5.41) is 23.2. The fourth-order valence-corrected chi connectivity index (χ4v) is 8.07. The molecule has 2 N–H and O–H groups in total. The third-order valence-electron chi connectivity index (χ3n) is 9.89. The lowest BCUT2D eigenvalue weighted by Gasteiger charge is -2.65. The third kappa shape index (κ3) is 3.02. The van der Waals surface area contributed by atoms with Crippen molar-refractivity contribution in [3.05, 3.63) is 35.3 Å². The maximum atomic E-state index is 14.0. The van der Waals surface area contributed by atoms with Gasteiger partial charge in [-0.15, -0.1) is 0 Å². The second-order valence-corrected chi connectivity index (χ2v) is 11.9. The molecule has 4 aliphatic rings. The number of carbonyl (C=O) groups is 3. The van der Waals surface area contributed by atoms with Gasteiger partial charge in [-0.1, -0.05) is 33.3 Å². The first-order chi connectivity index (χ1) is 16.3. The highest BCUT2D eigenvalue weighted by atomic mass is 16.5. The average Bonchev–Trinajstić information content (AvgIpc) is 3.34. The van der Waals surface area contributed by atoms with Crippen molar-refractivity contribution in [1.29, 1.82) is 0 Å². The Morgan fingerprint density at radius 1 is 1.23 bits per heavy atom. The lowest BCUT2D eigenvalue weighted by atomic mass is 9.39. The molecule has 8 heteroatoms. The highest BCUT2D eigenvalue weighted by Crippen LogP contribution is 2.68. The number of methoxy groups -OCH3 is 1. The van der Waals surface area contributed by atoms with E-state index in [1.54, 1.807) is 32.4 Å². The van der Waals surface area contributed by atoms with E-state index in [0.717, 1.165) is 16.7 Å². The van der Waals surface area contributed by atoms with E-state index in [2.05, 4.69) is 6.92 Å². The second kappa shape index (κ2) is 7.53. The zero-order chi connectivity index (χ0) is 25.6. The van der Waals surface area contributed by atoms with Gasteiger partial charge in [0.15, 0.2) is 11.4 Å². The van der Waals surface area contributed by atoms with Gasteiger partial charge in [-0.05, 0) is 41.7 Å². The van der Waals surface area contributed by atoms with Crippen LogP contribution in [0.1, 0.15) is 71.5 Å². The van der Waals surface area contributed by atoms with E-state index in [1.165, 1.54) is 7.11 Å². The molecule has 0 radical (unpaired) electrons. The first-order valence-electron chi connectivity index (χ1n) is 12.3. The molecule has 1 saturated heterocycles. The predicted octanol–water partition coefficient (Wildman–Crippen LogP) is 3.27. The number of fused-ring (bicyclic) bond motifs is 5. The van der Waals surface area contributed by atoms with Crippen LogP contribution in [0.3, 0.4) is 0 Å². The minimum absolute atomic E-state index is 0.0298. The fourth-order valence-electron chi connectivity index (χ4n) is 8.07. The van der Waals surface area contributed by atoms with Crippen LogP contribution in [-0.4, -0.2) is 46.7 Å². The van der Waals surface area contributed by atoms with Crippen LogP contribution in [0.2, 0.25) is 0 Å². The predicted molar refractivity (Wildman–Crippen MR) is 123 cm³/mol. The van der Waals surface area contributed by atoms with Crippen molar-refractivity contribution in [2.75, 3.05) is 7.11 Å². The van der Waals surface area contributed by atoms with Crippen LogP contribution in [0.4, 0.5) is 0 Å². The summed E-state index contributed by atoms with van der Waals surface area (Å²) in [5.41, 5.74) is -2.10. The standard InChI is InChI=1S/C27H34O8/c1-24(2)18(11-19(28)33-5)26(4)16-6-8-25(3)17(15(16)12-27(32,22(24)30)23(26)31)10-20(29)35-21(25)14-7-9-34-13-14/h7,9,13,16,18,21-22,30,32H,6,8,10-12H2,1-5H3/t16-,18+,21+,22+,25-,26-,27-/m1/s1. The minimum Gasteiger partial charge on any atom is -0.472 e. The van der Waals surface area contributed by atoms with Crippen molar-refractivity contribution in [3.8, 4) is 0 Å². The van der Waals surface area contributed by atoms with Crippen molar-refractivity contribution < 1.29 is 38.5 Å². The van der Waals surface area contributed by atoms with E-state index < -0.39 is 51.7 Å². The third-order valence-corrected chi connectivity index (χ3v) is 9.89. The summed E-state index contributed by atoms with van der Waals surface area (Å²) >= 11 is 0. The van der Waals surface area contributed by atoms with E-state index in [-0.39, 0.29) is 31.1 Å². The lowest BCUT2D eigenvalue weighted by Crippen LogP contribution is -2.74. The molecule has 0 spiro atoms. The zero-order valence-corrected chi connectivity index (χ0v) is 20.9. The number of hydrogen-bond donors (Lipinski definition) is 2. The van der Waals surface area contributed by atoms with Gasteiger partial charge in [-0.2, -0.15) is 0 Å². The maximum absolute atomic E-state index is 14.0. The molecule has 1 aliphatic heterocycles. The number of carbonyl (C=O) groups excluding carboxylic acids is 3. The van der Waals surface area contributed by atoms with E-state index in [1.807, 2.05) is 6.92 Å². The number of rotatable bonds is 3. The van der Waals surface area contributed by atoms with Gasteiger partial charge < -0.3 is 24.1 Å². The molecule has 3 aliphatic carbocycles. The molecule has 190 valence electrons. The van der Waals surface area contributed by atoms with Crippen molar-refractivity contribution in [2.45, 2.75) is 77.6 Å². The topological polar surface area (TPSA) is 123 Å². The molecular formula is C27H34O8. The molecule has 1 aromatic heterocycles. The molecule has 3 fully saturated rings. The van der Waals surface area contributed by atoms with Crippen LogP contribution in [0.15, 0.2) is 34.2 Å². The molecular weight excluding hydrogens is 452 g/mol. The van der Waals surface area contributed by atoms with E-state index in [9.17, 15) is 24.6 Å². The van der Waals surface area contributed by atoms with Gasteiger partial charge in [0.25, 0.3) is 0 Å². The highest BCUT2D eigenvalue weighted by molar-refractivity contribution is 5.97. The minimum atomic E-state index is -2.01. The number of furan rings is 1. The molecule has 2 saturated carbocycles. The molecule has 35 heavy (non-hydrogen) atoms. The Balaban J connectivity index is 1.71. The van der Waals surface area contributed by atoms with Gasteiger partial charge in [0, 0.05) is 29.2 Å². The van der Waals surface area contributed by atoms with E-state index in [0.29, 0.717) is 12.8 Å². The van der Waals surface area contributed by atoms with Crippen LogP contribution in [-0.2, 0) is 23.9 Å². The number of Topliss-reactive ketones (excluding diaryl/α,β-unsaturated/α-hetero) is 1. The van der Waals surface area contributed by atoms with Crippen molar-refractivity contribution in [3.63, 3.8) is 0 Å². The Morgan fingerprint density at radius 2 is 1.94 bits per heavy atom. The second-order valence-electron chi connectivity index (χ2n) is 11.9. The van der Waals surface area contributed by atoms with Gasteiger partial charge in [0.2, 0.25) is 0 Å². The van der Waals surface area contributed by atoms with E-state index >= 15 is 0 Å². The van der Waals surface area contributed by atoms with Crippen LogP contribution in [0.5, 0.6) is 0 Å². The number of ether oxygens (including phenoxy) is 2. The van der Waals surface area contributed by atoms with Crippen molar-refractivity contribution >= 4 is 17.7 Å². The van der Waals surface area contributed by atoms with Gasteiger partial charge >= 0.3 is 11.9 Å². The maximum Gasteiger partial charge on any atom is 0.310 e. The smallest absolute Gasteiger partial charge is 0.310 e. The number of aliphatic hydroxyl groups excluding tert-OH is 1. The monoisotopic (exact) mass is 486 g/mol. The summed E-state index contributed by atoms with van der Waals surface area (Å²) in [4.78, 5) is 39.2. The SMILES string of the molecule is COC(=O)C[C@H]1C(C)(C)[C@H](O)[C@]2(O)CC3=C4CC(=O)O[C@@H](c5ccoc5)[C@]4(C)CC[C@H]3[C@@]1(C)C2=O. The summed E-state index contributed by atoms with van der Waals surface area (Å²) in [5.74, 6) is -2.08. The van der Waals surface area contributed by atoms with Gasteiger partial charge in [0.1, 0.15) is 6.10 Å². The summed E-state index contributed by atoms with van der Waals surface area (Å²) in [6, 6.07) is 1.79. The summed E-state index contributed by atoms with van der Waals surface area (Å²) in [7, 11) is 1.30. The molecule has 8 nitrogen and oxygen atoms in total. The number of esters is 2. The van der Waals surface area contributed by atoms with Crippen molar-refractivity contribution in [2.24, 2.45) is 28.1 Å². The highest BCUT2D eigenvalue weighted by Gasteiger charge is 2.72. The number of ketones is 1. The molecule has 2 heterocycles. The molecule has 7 atom stereocenters. The van der Waals surface area contributed by atoms with Crippen LogP contribution in [0, 0.1) is 28.1 Å². The molecule has 0 aromatic carbocycles. The van der Waals surface area contributed by atoms with Crippen molar-refractivity contribution in [1.82, 2.24) is 0 Å². The molecule has 2 bridgehead atoms. The lowest BCUT2D eigenvalue weighted by molar-refractivity contribution is -0.226. The van der Waals surface area contributed by atoms with Crippen LogP contribution in [0.25, 0.3) is 0 Å². The Morgan fingerprint density at radius 3 is 2.57 bits per heavy atom. The average molecular weight is 487 g/mol. The Hall–Kier alpha value is -2.45. The Kier molecular flexibility index (Phi) is 5.22. The summed E-state index contributed by atoms with van der Waals surface area (Å²) < 4.78 is 16.0. The normalized spacial score (nSPS) is 42.1. The Bertz CT molecular complexity index is 1120. The Labute approximate surface area is 204 Å². The first-order valence-corrected chi connectivity index (χ1v) is 12.3.